The predicted molar refractivity (Wildman–Crippen MR) is 63.1 cm³/mol. The van der Waals surface area contributed by atoms with E-state index in [1.807, 2.05) is 26.0 Å². The maximum atomic E-state index is 12.1. The highest BCUT2D eigenvalue weighted by Crippen LogP contribution is 2.20. The van der Waals surface area contributed by atoms with Crippen LogP contribution < -0.4 is 0 Å². The topological polar surface area (TPSA) is 30.2 Å². The Kier molecular flexibility index (Phi) is 2.84. The highest BCUT2D eigenvalue weighted by molar-refractivity contribution is 6.29. The lowest BCUT2D eigenvalue weighted by atomic mass is 9.99. The predicted octanol–water partition coefficient (Wildman–Crippen LogP) is 3.78. The molecule has 2 aromatic rings. The normalized spacial score (nSPS) is 10.4. The Hall–Kier alpha value is -1.54. The van der Waals surface area contributed by atoms with Gasteiger partial charge in [0.25, 0.3) is 0 Å². The summed E-state index contributed by atoms with van der Waals surface area (Å²) < 4.78 is 5.11. The van der Waals surface area contributed by atoms with Crippen molar-refractivity contribution in [2.45, 2.75) is 13.8 Å². The summed E-state index contributed by atoms with van der Waals surface area (Å²) in [5.41, 5.74) is 2.72. The lowest BCUT2D eigenvalue weighted by Gasteiger charge is -2.05. The molecule has 2 nitrogen and oxygen atoms in total. The number of hydrogen-bond acceptors (Lipinski definition) is 2. The van der Waals surface area contributed by atoms with Gasteiger partial charge >= 0.3 is 0 Å². The van der Waals surface area contributed by atoms with Crippen molar-refractivity contribution in [2.75, 3.05) is 0 Å². The van der Waals surface area contributed by atoms with E-state index in [0.717, 1.165) is 11.1 Å². The van der Waals surface area contributed by atoms with Gasteiger partial charge in [-0.2, -0.15) is 0 Å². The summed E-state index contributed by atoms with van der Waals surface area (Å²) in [4.78, 5) is 12.1. The zero-order valence-corrected chi connectivity index (χ0v) is 9.84. The first-order valence-corrected chi connectivity index (χ1v) is 5.33. The average molecular weight is 235 g/mol. The van der Waals surface area contributed by atoms with Gasteiger partial charge in [-0.3, -0.25) is 4.79 Å². The first kappa shape index (κ1) is 11.0. The minimum atomic E-state index is -0.131. The van der Waals surface area contributed by atoms with Gasteiger partial charge in [-0.1, -0.05) is 18.2 Å². The number of carbonyl (C=O) groups is 1. The Morgan fingerprint density at radius 1 is 1.19 bits per heavy atom. The zero-order valence-electron chi connectivity index (χ0n) is 9.08. The molecule has 1 aromatic carbocycles. The molecule has 0 bridgehead atoms. The van der Waals surface area contributed by atoms with Crippen molar-refractivity contribution in [1.29, 1.82) is 0 Å². The lowest BCUT2D eigenvalue weighted by Crippen LogP contribution is -2.03. The summed E-state index contributed by atoms with van der Waals surface area (Å²) in [6.45, 7) is 3.90. The monoisotopic (exact) mass is 234 g/mol. The van der Waals surface area contributed by atoms with E-state index in [0.29, 0.717) is 5.56 Å². The number of furan rings is 1. The van der Waals surface area contributed by atoms with Gasteiger partial charge in [0.1, 0.15) is 0 Å². The lowest BCUT2D eigenvalue weighted by molar-refractivity contribution is 0.101. The van der Waals surface area contributed by atoms with Crippen molar-refractivity contribution >= 4 is 17.4 Å². The van der Waals surface area contributed by atoms with E-state index in [4.69, 9.17) is 16.0 Å². The van der Waals surface area contributed by atoms with E-state index < -0.39 is 0 Å². The van der Waals surface area contributed by atoms with Crippen LogP contribution in [0.25, 0.3) is 0 Å². The molecule has 3 heteroatoms. The molecule has 82 valence electrons. The Morgan fingerprint density at radius 2 is 1.94 bits per heavy atom. The van der Waals surface area contributed by atoms with Gasteiger partial charge in [-0.05, 0) is 48.7 Å². The number of ketones is 1. The number of carbonyl (C=O) groups excluding carboxylic acids is 1. The summed E-state index contributed by atoms with van der Waals surface area (Å²) in [6.07, 6.45) is 0. The van der Waals surface area contributed by atoms with Crippen LogP contribution in [0.1, 0.15) is 27.2 Å². The third-order valence-electron chi connectivity index (χ3n) is 2.65. The molecule has 0 unspecified atom stereocenters. The van der Waals surface area contributed by atoms with Gasteiger partial charge in [0.15, 0.2) is 11.0 Å². The van der Waals surface area contributed by atoms with Gasteiger partial charge in [-0.15, -0.1) is 0 Å². The number of aryl methyl sites for hydroxylation is 1. The third-order valence-corrected chi connectivity index (χ3v) is 2.85. The highest BCUT2D eigenvalue weighted by Gasteiger charge is 2.15. The van der Waals surface area contributed by atoms with E-state index in [1.165, 1.54) is 0 Å². The molecule has 2 rings (SSSR count). The van der Waals surface area contributed by atoms with Crippen molar-refractivity contribution in [3.8, 4) is 0 Å². The van der Waals surface area contributed by atoms with Crippen molar-refractivity contribution < 1.29 is 9.21 Å². The largest absolute Gasteiger partial charge is 0.441 e. The minimum Gasteiger partial charge on any atom is -0.441 e. The minimum absolute atomic E-state index is 0.131. The summed E-state index contributed by atoms with van der Waals surface area (Å²) in [5, 5.41) is 0.230. The van der Waals surface area contributed by atoms with Crippen LogP contribution in [0.3, 0.4) is 0 Å². The second-order valence-electron chi connectivity index (χ2n) is 3.68. The fourth-order valence-corrected chi connectivity index (χ4v) is 1.71. The van der Waals surface area contributed by atoms with Crippen LogP contribution in [0, 0.1) is 13.8 Å². The van der Waals surface area contributed by atoms with Crippen LogP contribution in [0.2, 0.25) is 5.22 Å². The standard InChI is InChI=1S/C13H11ClO2/c1-8-4-3-5-10(9(8)2)13(15)11-6-7-12(14)16-11/h3-7H,1-2H3. The third kappa shape index (κ3) is 1.89. The maximum Gasteiger partial charge on any atom is 0.228 e. The van der Waals surface area contributed by atoms with Crippen molar-refractivity contribution in [3.63, 3.8) is 0 Å². The Morgan fingerprint density at radius 3 is 2.56 bits per heavy atom. The number of rotatable bonds is 2. The van der Waals surface area contributed by atoms with E-state index in [-0.39, 0.29) is 16.8 Å². The first-order valence-electron chi connectivity index (χ1n) is 4.96. The van der Waals surface area contributed by atoms with E-state index in [1.54, 1.807) is 18.2 Å². The van der Waals surface area contributed by atoms with Gasteiger partial charge in [0.2, 0.25) is 5.78 Å². The molecule has 1 heterocycles. The molecule has 0 atom stereocenters. The van der Waals surface area contributed by atoms with Crippen LogP contribution in [0.4, 0.5) is 0 Å². The maximum absolute atomic E-state index is 12.1. The second-order valence-corrected chi connectivity index (χ2v) is 4.05. The Bertz CT molecular complexity index is 541. The zero-order chi connectivity index (χ0) is 11.7. The average Bonchev–Trinajstić information content (AvgIpc) is 2.68. The summed E-state index contributed by atoms with van der Waals surface area (Å²) in [5.74, 6) is 0.145. The van der Waals surface area contributed by atoms with Crippen molar-refractivity contribution in [1.82, 2.24) is 0 Å². The van der Waals surface area contributed by atoms with Crippen LogP contribution >= 0.6 is 11.6 Å². The SMILES string of the molecule is Cc1cccc(C(=O)c2ccc(Cl)o2)c1C. The van der Waals surface area contributed by atoms with Gasteiger partial charge in [0, 0.05) is 5.56 Å². The fourth-order valence-electron chi connectivity index (χ4n) is 1.57. The molecule has 0 fully saturated rings. The highest BCUT2D eigenvalue weighted by atomic mass is 35.5. The molecule has 0 saturated carbocycles. The second kappa shape index (κ2) is 4.14. The molecule has 0 spiro atoms. The molecule has 0 N–H and O–H groups in total. The summed E-state index contributed by atoms with van der Waals surface area (Å²) in [7, 11) is 0. The van der Waals surface area contributed by atoms with Gasteiger partial charge in [-0.25, -0.2) is 0 Å². The molecule has 16 heavy (non-hydrogen) atoms. The molecule has 0 saturated heterocycles. The number of hydrogen-bond donors (Lipinski definition) is 0. The number of benzene rings is 1. The molecule has 0 aliphatic carbocycles. The summed E-state index contributed by atoms with van der Waals surface area (Å²) in [6, 6.07) is 8.79. The van der Waals surface area contributed by atoms with Gasteiger partial charge < -0.3 is 4.42 Å². The molecule has 0 amide bonds. The molecule has 0 aliphatic rings. The van der Waals surface area contributed by atoms with E-state index in [9.17, 15) is 4.79 Å². The fraction of sp³-hybridized carbons (Fsp3) is 0.154. The molecule has 0 radical (unpaired) electrons. The van der Waals surface area contributed by atoms with Gasteiger partial charge in [0.05, 0.1) is 0 Å². The Labute approximate surface area is 98.8 Å². The van der Waals surface area contributed by atoms with E-state index >= 15 is 0 Å². The first-order chi connectivity index (χ1) is 7.59. The van der Waals surface area contributed by atoms with Crippen molar-refractivity contribution in [3.05, 3.63) is 58.0 Å². The molecule has 0 aliphatic heterocycles. The quantitative estimate of drug-likeness (QED) is 0.741. The van der Waals surface area contributed by atoms with Crippen LogP contribution in [-0.4, -0.2) is 5.78 Å². The number of halogens is 1. The molecule has 1 aromatic heterocycles. The molecular weight excluding hydrogens is 224 g/mol. The van der Waals surface area contributed by atoms with Crippen LogP contribution in [-0.2, 0) is 0 Å². The smallest absolute Gasteiger partial charge is 0.228 e. The molecular formula is C13H11ClO2. The van der Waals surface area contributed by atoms with Crippen LogP contribution in [0.15, 0.2) is 34.7 Å². The van der Waals surface area contributed by atoms with Crippen molar-refractivity contribution in [2.24, 2.45) is 0 Å². The Balaban J connectivity index is 2.45. The van der Waals surface area contributed by atoms with Crippen LogP contribution in [0.5, 0.6) is 0 Å². The van der Waals surface area contributed by atoms with E-state index in [2.05, 4.69) is 0 Å². The summed E-state index contributed by atoms with van der Waals surface area (Å²) >= 11 is 5.64.